The van der Waals surface area contributed by atoms with E-state index in [0.29, 0.717) is 26.2 Å². The van der Waals surface area contributed by atoms with E-state index >= 15 is 0 Å². The summed E-state index contributed by atoms with van der Waals surface area (Å²) in [6.45, 7) is 2.04. The number of carboxylic acids is 1. The number of benzene rings is 2. The lowest BCUT2D eigenvalue weighted by molar-refractivity contribution is -0.139. The van der Waals surface area contributed by atoms with Crippen molar-refractivity contribution in [3.05, 3.63) is 59.7 Å². The molecule has 1 aliphatic carbocycles. The third kappa shape index (κ3) is 5.33. The molecule has 0 unspecified atom stereocenters. The second kappa shape index (κ2) is 10.2. The first-order valence-corrected chi connectivity index (χ1v) is 10.8. The van der Waals surface area contributed by atoms with Gasteiger partial charge < -0.3 is 20.1 Å². The number of alkyl carbamates (subject to hydrolysis) is 1. The first-order valence-electron chi connectivity index (χ1n) is 10.8. The number of aliphatic carboxylic acids is 1. The number of amides is 2. The zero-order valence-electron chi connectivity index (χ0n) is 18.1. The van der Waals surface area contributed by atoms with Gasteiger partial charge >= 0.3 is 12.1 Å². The van der Waals surface area contributed by atoms with Crippen LogP contribution in [0.3, 0.4) is 0 Å². The van der Waals surface area contributed by atoms with Crippen molar-refractivity contribution in [3.8, 4) is 23.0 Å². The molecule has 170 valence electrons. The molecule has 8 nitrogen and oxygen atoms in total. The summed E-state index contributed by atoms with van der Waals surface area (Å²) in [5.74, 6) is 3.94. The number of hydrogen-bond donors (Lipinski definition) is 2. The molecule has 33 heavy (non-hydrogen) atoms. The Morgan fingerprint density at radius 3 is 2.18 bits per heavy atom. The van der Waals surface area contributed by atoms with Crippen LogP contribution in [0.1, 0.15) is 17.0 Å². The minimum atomic E-state index is -0.881. The van der Waals surface area contributed by atoms with E-state index in [1.807, 2.05) is 24.3 Å². The minimum absolute atomic E-state index is 0.00138. The molecule has 8 heteroatoms. The van der Waals surface area contributed by atoms with Crippen molar-refractivity contribution in [1.29, 1.82) is 0 Å². The summed E-state index contributed by atoms with van der Waals surface area (Å²) in [7, 11) is 0. The fourth-order valence-electron chi connectivity index (χ4n) is 4.27. The number of carbonyl (C=O) groups is 3. The summed E-state index contributed by atoms with van der Waals surface area (Å²) in [5.41, 5.74) is 4.60. The Kier molecular flexibility index (Phi) is 6.91. The molecule has 2 amide bonds. The van der Waals surface area contributed by atoms with Crippen LogP contribution in [0.5, 0.6) is 0 Å². The predicted octanol–water partition coefficient (Wildman–Crippen LogP) is 1.76. The van der Waals surface area contributed by atoms with Gasteiger partial charge in [-0.15, -0.1) is 0 Å². The van der Waals surface area contributed by atoms with Crippen LogP contribution in [0.15, 0.2) is 48.5 Å². The molecule has 0 saturated carbocycles. The number of nitrogens with one attached hydrogen (secondary N) is 1. The maximum atomic E-state index is 12.2. The van der Waals surface area contributed by atoms with Crippen molar-refractivity contribution in [2.24, 2.45) is 0 Å². The number of carboxylic acid groups (broad SMARTS) is 1. The first-order chi connectivity index (χ1) is 16.0. The van der Waals surface area contributed by atoms with Gasteiger partial charge in [-0.2, -0.15) is 0 Å². The predicted molar refractivity (Wildman–Crippen MR) is 122 cm³/mol. The maximum Gasteiger partial charge on any atom is 0.407 e. The summed E-state index contributed by atoms with van der Waals surface area (Å²) < 4.78 is 5.44. The molecule has 2 N–H and O–H groups in total. The fraction of sp³-hybridized carbons (Fsp3) is 0.320. The Morgan fingerprint density at radius 1 is 0.970 bits per heavy atom. The van der Waals surface area contributed by atoms with Gasteiger partial charge in [0.2, 0.25) is 0 Å². The Labute approximate surface area is 192 Å². The largest absolute Gasteiger partial charge is 0.480 e. The molecule has 2 aliphatic rings. The van der Waals surface area contributed by atoms with E-state index in [9.17, 15) is 14.4 Å². The van der Waals surface area contributed by atoms with Crippen LogP contribution < -0.4 is 5.32 Å². The normalized spacial score (nSPS) is 15.1. The Morgan fingerprint density at radius 2 is 1.58 bits per heavy atom. The van der Waals surface area contributed by atoms with Crippen molar-refractivity contribution in [3.63, 3.8) is 0 Å². The summed E-state index contributed by atoms with van der Waals surface area (Å²) in [6.07, 6.45) is -0.583. The van der Waals surface area contributed by atoms with Crippen molar-refractivity contribution in [1.82, 2.24) is 15.1 Å². The average Bonchev–Trinajstić information content (AvgIpc) is 3.14. The van der Waals surface area contributed by atoms with E-state index in [1.54, 1.807) is 9.80 Å². The van der Waals surface area contributed by atoms with Gasteiger partial charge in [0.05, 0.1) is 13.1 Å². The highest BCUT2D eigenvalue weighted by Crippen LogP contribution is 2.44. The average molecular weight is 447 g/mol. The number of ether oxygens (including phenoxy) is 1. The smallest absolute Gasteiger partial charge is 0.407 e. The second-order valence-electron chi connectivity index (χ2n) is 7.94. The highest BCUT2D eigenvalue weighted by Gasteiger charge is 2.29. The summed E-state index contributed by atoms with van der Waals surface area (Å²) in [6, 6.07) is 16.2. The van der Waals surface area contributed by atoms with Gasteiger partial charge in [-0.05, 0) is 28.2 Å². The van der Waals surface area contributed by atoms with Crippen LogP contribution in [0.4, 0.5) is 4.79 Å². The van der Waals surface area contributed by atoms with E-state index < -0.39 is 12.1 Å². The standard InChI is InChI=1S/C25H25N3O5/c29-23(28-14-12-27(13-15-28)16-24(30)31)10-5-11-26-25(32)33-17-22-20-8-3-1-6-18(20)19-7-2-4-9-21(19)22/h1-4,6-9,22H,11-17H2,(H,26,32)(H,30,31). The lowest BCUT2D eigenvalue weighted by Crippen LogP contribution is -2.49. The molecule has 0 spiro atoms. The van der Waals surface area contributed by atoms with Gasteiger partial charge in [0.15, 0.2) is 0 Å². The highest BCUT2D eigenvalue weighted by molar-refractivity contribution is 5.93. The molecule has 1 fully saturated rings. The molecule has 0 bridgehead atoms. The van der Waals surface area contributed by atoms with Gasteiger partial charge in [-0.25, -0.2) is 4.79 Å². The zero-order chi connectivity index (χ0) is 23.2. The van der Waals surface area contributed by atoms with Crippen LogP contribution in [0, 0.1) is 11.8 Å². The summed E-state index contributed by atoms with van der Waals surface area (Å²) >= 11 is 0. The van der Waals surface area contributed by atoms with Crippen LogP contribution in [-0.2, 0) is 14.3 Å². The van der Waals surface area contributed by atoms with E-state index in [-0.39, 0.29) is 31.5 Å². The highest BCUT2D eigenvalue weighted by atomic mass is 16.5. The molecule has 4 rings (SSSR count). The number of fused-ring (bicyclic) bond motifs is 3. The quantitative estimate of drug-likeness (QED) is 0.678. The molecule has 0 aromatic heterocycles. The maximum absolute atomic E-state index is 12.2. The molecule has 1 heterocycles. The summed E-state index contributed by atoms with van der Waals surface area (Å²) in [5, 5.41) is 11.4. The van der Waals surface area contributed by atoms with Crippen LogP contribution >= 0.6 is 0 Å². The van der Waals surface area contributed by atoms with Crippen LogP contribution in [0.2, 0.25) is 0 Å². The Hall–Kier alpha value is -3.83. The molecule has 0 radical (unpaired) electrons. The number of rotatable bonds is 5. The monoisotopic (exact) mass is 447 g/mol. The van der Waals surface area contributed by atoms with Crippen LogP contribution in [0.25, 0.3) is 11.1 Å². The van der Waals surface area contributed by atoms with E-state index in [0.717, 1.165) is 22.3 Å². The molecular weight excluding hydrogens is 422 g/mol. The summed E-state index contributed by atoms with van der Waals surface area (Å²) in [4.78, 5) is 38.4. The van der Waals surface area contributed by atoms with Crippen molar-refractivity contribution in [2.75, 3.05) is 45.9 Å². The van der Waals surface area contributed by atoms with Gasteiger partial charge in [-0.3, -0.25) is 14.5 Å². The third-order valence-electron chi connectivity index (χ3n) is 5.88. The van der Waals surface area contributed by atoms with E-state index in [2.05, 4.69) is 41.4 Å². The van der Waals surface area contributed by atoms with Gasteiger partial charge in [0.1, 0.15) is 6.61 Å². The zero-order valence-corrected chi connectivity index (χ0v) is 18.1. The molecule has 1 saturated heterocycles. The lowest BCUT2D eigenvalue weighted by atomic mass is 9.98. The van der Waals surface area contributed by atoms with Gasteiger partial charge in [0.25, 0.3) is 5.91 Å². The minimum Gasteiger partial charge on any atom is -0.480 e. The SMILES string of the molecule is O=C(O)CN1CCN(C(=O)C#CCNC(=O)OCC2c3ccccc3-c3ccccc32)CC1. The van der Waals surface area contributed by atoms with Gasteiger partial charge in [-0.1, -0.05) is 54.5 Å². The number of piperazine rings is 1. The first kappa shape index (κ1) is 22.4. The van der Waals surface area contributed by atoms with Crippen molar-refractivity contribution >= 4 is 18.0 Å². The number of hydrogen-bond acceptors (Lipinski definition) is 5. The van der Waals surface area contributed by atoms with E-state index in [1.165, 1.54) is 0 Å². The number of nitrogens with zero attached hydrogens (tertiary/aromatic N) is 2. The second-order valence-corrected chi connectivity index (χ2v) is 7.94. The molecule has 1 aliphatic heterocycles. The Balaban J connectivity index is 1.23. The van der Waals surface area contributed by atoms with Crippen LogP contribution in [-0.4, -0.2) is 78.8 Å². The topological polar surface area (TPSA) is 99.2 Å². The molecule has 2 aromatic rings. The Bertz CT molecular complexity index is 1070. The van der Waals surface area contributed by atoms with E-state index in [4.69, 9.17) is 9.84 Å². The third-order valence-corrected chi connectivity index (χ3v) is 5.88. The van der Waals surface area contributed by atoms with Crippen molar-refractivity contribution in [2.45, 2.75) is 5.92 Å². The lowest BCUT2D eigenvalue weighted by Gasteiger charge is -2.32. The molecular formula is C25H25N3O5. The molecule has 2 aromatic carbocycles. The number of carbonyl (C=O) groups excluding carboxylic acids is 2. The fourth-order valence-corrected chi connectivity index (χ4v) is 4.27. The molecule has 0 atom stereocenters. The van der Waals surface area contributed by atoms with Gasteiger partial charge in [0, 0.05) is 32.1 Å². The van der Waals surface area contributed by atoms with Crippen molar-refractivity contribution < 1.29 is 24.2 Å².